The van der Waals surface area contributed by atoms with Crippen LogP contribution in [0.1, 0.15) is 24.3 Å². The van der Waals surface area contributed by atoms with Gasteiger partial charge in [-0.05, 0) is 38.1 Å². The number of hydrogen-bond acceptors (Lipinski definition) is 3. The standard InChI is InChI=1S/C14H15NO5/c1-14(2,13(18)19)20-9-4-5-10-8(6-9)7-11(12(16)17)15(10)3/h4-7H,1-3H3,(H,16,17)(H,18,19). The molecule has 6 nitrogen and oxygen atoms in total. The Morgan fingerprint density at radius 1 is 1.20 bits per heavy atom. The molecule has 0 unspecified atom stereocenters. The molecule has 0 aliphatic carbocycles. The summed E-state index contributed by atoms with van der Waals surface area (Å²) >= 11 is 0. The van der Waals surface area contributed by atoms with Gasteiger partial charge in [-0.25, -0.2) is 9.59 Å². The van der Waals surface area contributed by atoms with Gasteiger partial charge in [-0.3, -0.25) is 0 Å². The minimum absolute atomic E-state index is 0.162. The molecule has 1 aromatic heterocycles. The van der Waals surface area contributed by atoms with Crippen molar-refractivity contribution in [3.63, 3.8) is 0 Å². The van der Waals surface area contributed by atoms with Gasteiger partial charge in [0.25, 0.3) is 0 Å². The summed E-state index contributed by atoms with van der Waals surface area (Å²) in [5.74, 6) is -1.71. The molecule has 0 fully saturated rings. The molecule has 0 bridgehead atoms. The first kappa shape index (κ1) is 13.9. The number of benzene rings is 1. The van der Waals surface area contributed by atoms with Crippen molar-refractivity contribution in [1.29, 1.82) is 0 Å². The number of rotatable bonds is 4. The number of aryl methyl sites for hydroxylation is 1. The second kappa shape index (κ2) is 4.56. The van der Waals surface area contributed by atoms with Crippen LogP contribution in [0.15, 0.2) is 24.3 Å². The van der Waals surface area contributed by atoms with Crippen molar-refractivity contribution in [2.75, 3.05) is 0 Å². The topological polar surface area (TPSA) is 88.8 Å². The van der Waals surface area contributed by atoms with E-state index in [9.17, 15) is 9.59 Å². The third kappa shape index (κ3) is 2.32. The number of aromatic carboxylic acids is 1. The predicted octanol–water partition coefficient (Wildman–Crippen LogP) is 2.12. The fourth-order valence-corrected chi connectivity index (χ4v) is 1.93. The quantitative estimate of drug-likeness (QED) is 0.893. The maximum Gasteiger partial charge on any atom is 0.352 e. The molecule has 0 saturated carbocycles. The second-order valence-electron chi connectivity index (χ2n) is 5.03. The minimum atomic E-state index is -1.35. The third-order valence-corrected chi connectivity index (χ3v) is 3.12. The number of fused-ring (bicyclic) bond motifs is 1. The van der Waals surface area contributed by atoms with Crippen LogP contribution in [0.25, 0.3) is 10.9 Å². The summed E-state index contributed by atoms with van der Waals surface area (Å²) < 4.78 is 6.98. The SMILES string of the molecule is Cn1c(C(=O)O)cc2cc(OC(C)(C)C(=O)O)ccc21. The lowest BCUT2D eigenvalue weighted by atomic mass is 10.1. The van der Waals surface area contributed by atoms with Crippen LogP contribution >= 0.6 is 0 Å². The number of aromatic nitrogens is 1. The summed E-state index contributed by atoms with van der Waals surface area (Å²) in [6.45, 7) is 2.90. The molecule has 0 radical (unpaired) electrons. The number of carboxylic acid groups (broad SMARTS) is 2. The fraction of sp³-hybridized carbons (Fsp3) is 0.286. The Bertz CT molecular complexity index is 699. The Morgan fingerprint density at radius 2 is 1.85 bits per heavy atom. The van der Waals surface area contributed by atoms with E-state index in [2.05, 4.69) is 0 Å². The molecular weight excluding hydrogens is 262 g/mol. The van der Waals surface area contributed by atoms with Crippen molar-refractivity contribution < 1.29 is 24.5 Å². The van der Waals surface area contributed by atoms with Crippen LogP contribution in [0.5, 0.6) is 5.75 Å². The summed E-state index contributed by atoms with van der Waals surface area (Å²) in [7, 11) is 1.66. The molecule has 2 N–H and O–H groups in total. The molecule has 0 aliphatic rings. The molecule has 2 rings (SSSR count). The lowest BCUT2D eigenvalue weighted by Crippen LogP contribution is -2.37. The number of carbonyl (C=O) groups is 2. The average molecular weight is 277 g/mol. The van der Waals surface area contributed by atoms with E-state index in [4.69, 9.17) is 14.9 Å². The van der Waals surface area contributed by atoms with Crippen LogP contribution in [0.4, 0.5) is 0 Å². The van der Waals surface area contributed by atoms with Crippen LogP contribution in [0.3, 0.4) is 0 Å². The molecule has 2 aromatic rings. The molecule has 0 aliphatic heterocycles. The summed E-state index contributed by atoms with van der Waals surface area (Å²) in [6, 6.07) is 6.48. The lowest BCUT2D eigenvalue weighted by molar-refractivity contribution is -0.152. The average Bonchev–Trinajstić information content (AvgIpc) is 2.66. The van der Waals surface area contributed by atoms with Gasteiger partial charge in [0.05, 0.1) is 0 Å². The van der Waals surface area contributed by atoms with Crippen molar-refractivity contribution in [2.45, 2.75) is 19.4 Å². The van der Waals surface area contributed by atoms with Gasteiger partial charge in [-0.2, -0.15) is 0 Å². The number of carboxylic acids is 2. The predicted molar refractivity (Wildman–Crippen MR) is 72.2 cm³/mol. The number of ether oxygens (including phenoxy) is 1. The van der Waals surface area contributed by atoms with E-state index in [-0.39, 0.29) is 5.69 Å². The van der Waals surface area contributed by atoms with Crippen molar-refractivity contribution in [3.8, 4) is 5.75 Å². The Labute approximate surface area is 115 Å². The molecule has 0 spiro atoms. The van der Waals surface area contributed by atoms with Crippen molar-refractivity contribution in [2.24, 2.45) is 7.05 Å². The van der Waals surface area contributed by atoms with Gasteiger partial charge in [0.1, 0.15) is 11.4 Å². The van der Waals surface area contributed by atoms with Crippen molar-refractivity contribution in [3.05, 3.63) is 30.0 Å². The maximum absolute atomic E-state index is 11.1. The molecule has 6 heteroatoms. The zero-order valence-electron chi connectivity index (χ0n) is 11.4. The Balaban J connectivity index is 2.45. The number of aliphatic carboxylic acids is 1. The molecule has 0 atom stereocenters. The van der Waals surface area contributed by atoms with Crippen molar-refractivity contribution >= 4 is 22.8 Å². The molecule has 0 saturated heterocycles. The molecule has 106 valence electrons. The molecular formula is C14H15NO5. The fourth-order valence-electron chi connectivity index (χ4n) is 1.93. The van der Waals surface area contributed by atoms with Crippen LogP contribution < -0.4 is 4.74 Å². The van der Waals surface area contributed by atoms with E-state index in [1.54, 1.807) is 29.8 Å². The molecule has 0 amide bonds. The van der Waals surface area contributed by atoms with Gasteiger partial charge in [-0.1, -0.05) is 0 Å². The highest BCUT2D eigenvalue weighted by molar-refractivity contribution is 5.95. The van der Waals surface area contributed by atoms with Crippen LogP contribution in [0, 0.1) is 0 Å². The highest BCUT2D eigenvalue weighted by atomic mass is 16.5. The van der Waals surface area contributed by atoms with Gasteiger partial charge >= 0.3 is 11.9 Å². The van der Waals surface area contributed by atoms with Gasteiger partial charge in [0.2, 0.25) is 0 Å². The number of hydrogen-bond donors (Lipinski definition) is 2. The van der Waals surface area contributed by atoms with Gasteiger partial charge in [-0.15, -0.1) is 0 Å². The van der Waals surface area contributed by atoms with Gasteiger partial charge < -0.3 is 19.5 Å². The highest BCUT2D eigenvalue weighted by Crippen LogP contribution is 2.26. The largest absolute Gasteiger partial charge is 0.478 e. The first-order chi connectivity index (χ1) is 9.22. The molecule has 1 aromatic carbocycles. The molecule has 1 heterocycles. The second-order valence-corrected chi connectivity index (χ2v) is 5.03. The van der Waals surface area contributed by atoms with E-state index in [0.717, 1.165) is 5.52 Å². The summed E-state index contributed by atoms with van der Waals surface area (Å²) in [5, 5.41) is 18.8. The van der Waals surface area contributed by atoms with E-state index >= 15 is 0 Å². The number of nitrogens with zero attached hydrogens (tertiary/aromatic N) is 1. The van der Waals surface area contributed by atoms with E-state index in [1.165, 1.54) is 19.9 Å². The van der Waals surface area contributed by atoms with Crippen LogP contribution in [-0.4, -0.2) is 32.3 Å². The third-order valence-electron chi connectivity index (χ3n) is 3.12. The monoisotopic (exact) mass is 277 g/mol. The first-order valence-electron chi connectivity index (χ1n) is 5.97. The Kier molecular flexibility index (Phi) is 3.17. The zero-order valence-corrected chi connectivity index (χ0v) is 11.4. The van der Waals surface area contributed by atoms with E-state index in [0.29, 0.717) is 11.1 Å². The normalized spacial score (nSPS) is 11.6. The first-order valence-corrected chi connectivity index (χ1v) is 5.97. The summed E-state index contributed by atoms with van der Waals surface area (Å²) in [6.07, 6.45) is 0. The van der Waals surface area contributed by atoms with Crippen LogP contribution in [0.2, 0.25) is 0 Å². The van der Waals surface area contributed by atoms with E-state index < -0.39 is 17.5 Å². The minimum Gasteiger partial charge on any atom is -0.478 e. The smallest absolute Gasteiger partial charge is 0.352 e. The van der Waals surface area contributed by atoms with Crippen LogP contribution in [-0.2, 0) is 11.8 Å². The Morgan fingerprint density at radius 3 is 2.40 bits per heavy atom. The van der Waals surface area contributed by atoms with E-state index in [1.807, 2.05) is 0 Å². The highest BCUT2D eigenvalue weighted by Gasteiger charge is 2.29. The Hall–Kier alpha value is -2.50. The maximum atomic E-state index is 11.1. The van der Waals surface area contributed by atoms with Gasteiger partial charge in [0, 0.05) is 18.0 Å². The lowest BCUT2D eigenvalue weighted by Gasteiger charge is -2.21. The zero-order chi connectivity index (χ0) is 15.1. The van der Waals surface area contributed by atoms with Crippen molar-refractivity contribution in [1.82, 2.24) is 4.57 Å². The molecule has 20 heavy (non-hydrogen) atoms. The van der Waals surface area contributed by atoms with Gasteiger partial charge in [0.15, 0.2) is 5.60 Å². The summed E-state index contributed by atoms with van der Waals surface area (Å²) in [5.41, 5.74) is -0.449. The summed E-state index contributed by atoms with van der Waals surface area (Å²) in [4.78, 5) is 22.1.